The van der Waals surface area contributed by atoms with Crippen molar-refractivity contribution in [2.24, 2.45) is 5.92 Å². The van der Waals surface area contributed by atoms with Gasteiger partial charge in [0.2, 0.25) is 10.0 Å². The van der Waals surface area contributed by atoms with Crippen LogP contribution in [-0.2, 0) is 10.0 Å². The van der Waals surface area contributed by atoms with Crippen LogP contribution in [0.5, 0.6) is 0 Å². The highest BCUT2D eigenvalue weighted by Crippen LogP contribution is 2.24. The Balaban J connectivity index is 1.84. The molecule has 130 valence electrons. The van der Waals surface area contributed by atoms with E-state index >= 15 is 0 Å². The number of nitrogens with zero attached hydrogens (tertiary/aromatic N) is 3. The predicted molar refractivity (Wildman–Crippen MR) is 88.9 cm³/mol. The second-order valence-electron chi connectivity index (χ2n) is 6.00. The van der Waals surface area contributed by atoms with Crippen molar-refractivity contribution in [3.63, 3.8) is 0 Å². The third kappa shape index (κ3) is 3.35. The summed E-state index contributed by atoms with van der Waals surface area (Å²) in [6, 6.07) is 6.14. The van der Waals surface area contributed by atoms with Crippen LogP contribution in [-0.4, -0.2) is 49.2 Å². The highest BCUT2D eigenvalue weighted by Gasteiger charge is 2.31. The summed E-state index contributed by atoms with van der Waals surface area (Å²) in [6.45, 7) is 1.79. The summed E-state index contributed by atoms with van der Waals surface area (Å²) in [5.74, 6) is -0.142. The first kappa shape index (κ1) is 17.1. The second-order valence-corrected chi connectivity index (χ2v) is 7.94. The van der Waals surface area contributed by atoms with Gasteiger partial charge in [-0.3, -0.25) is 0 Å². The number of halogens is 1. The Hall–Kier alpha value is -1.77. The van der Waals surface area contributed by atoms with Crippen LogP contribution in [0.15, 0.2) is 41.6 Å². The van der Waals surface area contributed by atoms with Gasteiger partial charge in [-0.15, -0.1) is 0 Å². The second kappa shape index (κ2) is 7.00. The molecule has 6 nitrogen and oxygen atoms in total. The number of hydrogen-bond acceptors (Lipinski definition) is 4. The van der Waals surface area contributed by atoms with E-state index in [0.29, 0.717) is 19.0 Å². The van der Waals surface area contributed by atoms with Crippen LogP contribution in [0.25, 0.3) is 5.69 Å². The van der Waals surface area contributed by atoms with Crippen molar-refractivity contribution in [3.8, 4) is 5.69 Å². The van der Waals surface area contributed by atoms with Gasteiger partial charge in [-0.2, -0.15) is 9.40 Å². The Labute approximate surface area is 141 Å². The van der Waals surface area contributed by atoms with Crippen molar-refractivity contribution in [3.05, 3.63) is 42.5 Å². The molecule has 1 saturated heterocycles. The highest BCUT2D eigenvalue weighted by atomic mass is 32.2. The van der Waals surface area contributed by atoms with Gasteiger partial charge in [0.1, 0.15) is 16.4 Å². The summed E-state index contributed by atoms with van der Waals surface area (Å²) in [7, 11) is -1.75. The maximum absolute atomic E-state index is 13.8. The molecular formula is C16H21FN4O2S. The Bertz CT molecular complexity index is 804. The number of para-hydroxylation sites is 1. The molecule has 0 radical (unpaired) electrons. The average Bonchev–Trinajstić information content (AvgIpc) is 3.06. The van der Waals surface area contributed by atoms with Crippen molar-refractivity contribution in [1.82, 2.24) is 19.4 Å². The molecule has 1 aliphatic rings. The first-order valence-corrected chi connectivity index (χ1v) is 9.40. The van der Waals surface area contributed by atoms with Crippen LogP contribution in [0.3, 0.4) is 0 Å². The largest absolute Gasteiger partial charge is 0.319 e. The summed E-state index contributed by atoms with van der Waals surface area (Å²) in [4.78, 5) is 0.0934. The number of hydrogen-bond donors (Lipinski definition) is 1. The van der Waals surface area contributed by atoms with Gasteiger partial charge in [0, 0.05) is 13.1 Å². The van der Waals surface area contributed by atoms with Crippen LogP contribution in [0, 0.1) is 11.7 Å². The normalized spacial score (nSPS) is 19.5. The van der Waals surface area contributed by atoms with E-state index in [1.165, 1.54) is 27.4 Å². The summed E-state index contributed by atoms with van der Waals surface area (Å²) in [6.07, 6.45) is 4.51. The quantitative estimate of drug-likeness (QED) is 0.888. The zero-order valence-electron chi connectivity index (χ0n) is 13.5. The number of benzene rings is 1. The van der Waals surface area contributed by atoms with E-state index in [-0.39, 0.29) is 10.6 Å². The van der Waals surface area contributed by atoms with E-state index in [9.17, 15) is 12.8 Å². The molecule has 24 heavy (non-hydrogen) atoms. The van der Waals surface area contributed by atoms with E-state index in [1.54, 1.807) is 18.2 Å². The molecule has 2 aromatic rings. The SMILES string of the molecule is CNCC1CCCN(S(=O)(=O)c2cnn(-c3ccccc3F)c2)C1. The Kier molecular flexibility index (Phi) is 4.98. The average molecular weight is 352 g/mol. The molecule has 8 heteroatoms. The number of nitrogens with one attached hydrogen (secondary N) is 1. The lowest BCUT2D eigenvalue weighted by atomic mass is 10.00. The molecule has 1 unspecified atom stereocenters. The first-order valence-electron chi connectivity index (χ1n) is 7.96. The van der Waals surface area contributed by atoms with E-state index in [4.69, 9.17) is 0 Å². The highest BCUT2D eigenvalue weighted by molar-refractivity contribution is 7.89. The molecule has 1 fully saturated rings. The first-order chi connectivity index (χ1) is 11.5. The van der Waals surface area contributed by atoms with Gasteiger partial charge in [0.15, 0.2) is 0 Å². The summed E-state index contributed by atoms with van der Waals surface area (Å²) in [5, 5.41) is 7.12. The van der Waals surface area contributed by atoms with E-state index in [1.807, 2.05) is 7.05 Å². The summed E-state index contributed by atoms with van der Waals surface area (Å²) >= 11 is 0. The minimum atomic E-state index is -3.61. The van der Waals surface area contributed by atoms with Crippen LogP contribution in [0.1, 0.15) is 12.8 Å². The van der Waals surface area contributed by atoms with Crippen LogP contribution >= 0.6 is 0 Å². The monoisotopic (exact) mass is 352 g/mol. The summed E-state index contributed by atoms with van der Waals surface area (Å²) in [5.41, 5.74) is 0.227. The lowest BCUT2D eigenvalue weighted by Crippen LogP contribution is -2.42. The van der Waals surface area contributed by atoms with Crippen LogP contribution in [0.4, 0.5) is 4.39 Å². The number of aromatic nitrogens is 2. The van der Waals surface area contributed by atoms with Gasteiger partial charge in [-0.05, 0) is 44.5 Å². The van der Waals surface area contributed by atoms with Crippen LogP contribution < -0.4 is 5.32 Å². The third-order valence-corrected chi connectivity index (χ3v) is 6.09. The zero-order valence-corrected chi connectivity index (χ0v) is 14.3. The van der Waals surface area contributed by atoms with E-state index in [2.05, 4.69) is 10.4 Å². The number of rotatable bonds is 5. The molecule has 1 aliphatic heterocycles. The van der Waals surface area contributed by atoms with E-state index in [0.717, 1.165) is 19.4 Å². The van der Waals surface area contributed by atoms with Crippen molar-refractivity contribution < 1.29 is 12.8 Å². The zero-order chi connectivity index (χ0) is 17.2. The Morgan fingerprint density at radius 2 is 2.17 bits per heavy atom. The molecule has 0 aliphatic carbocycles. The smallest absolute Gasteiger partial charge is 0.246 e. The fourth-order valence-corrected chi connectivity index (χ4v) is 4.55. The van der Waals surface area contributed by atoms with Gasteiger partial charge in [0.25, 0.3) is 0 Å². The van der Waals surface area contributed by atoms with Gasteiger partial charge in [0.05, 0.1) is 12.4 Å². The topological polar surface area (TPSA) is 67.2 Å². The van der Waals surface area contributed by atoms with Gasteiger partial charge >= 0.3 is 0 Å². The van der Waals surface area contributed by atoms with Gasteiger partial charge < -0.3 is 5.32 Å². The maximum Gasteiger partial charge on any atom is 0.246 e. The minimum Gasteiger partial charge on any atom is -0.319 e. The molecule has 0 saturated carbocycles. The molecular weight excluding hydrogens is 331 g/mol. The number of piperidine rings is 1. The lowest BCUT2D eigenvalue weighted by molar-refractivity contribution is 0.263. The molecule has 1 aromatic heterocycles. The fraction of sp³-hybridized carbons (Fsp3) is 0.438. The summed E-state index contributed by atoms with van der Waals surface area (Å²) < 4.78 is 42.3. The molecule has 0 amide bonds. The van der Waals surface area contributed by atoms with Gasteiger partial charge in [-0.1, -0.05) is 12.1 Å². The molecule has 0 bridgehead atoms. The molecule has 2 heterocycles. The predicted octanol–water partition coefficient (Wildman–Crippen LogP) is 1.63. The van der Waals surface area contributed by atoms with Gasteiger partial charge in [-0.25, -0.2) is 17.5 Å². The molecule has 3 rings (SSSR count). The van der Waals surface area contributed by atoms with E-state index < -0.39 is 15.8 Å². The Morgan fingerprint density at radius 3 is 2.92 bits per heavy atom. The standard InChI is InChI=1S/C16H21FN4O2S/c1-18-9-13-5-4-8-20(11-13)24(22,23)14-10-19-21(12-14)16-7-3-2-6-15(16)17/h2-3,6-7,10,12-13,18H,4-5,8-9,11H2,1H3. The molecule has 1 atom stereocenters. The minimum absolute atomic E-state index is 0.0934. The van der Waals surface area contributed by atoms with Crippen molar-refractivity contribution >= 4 is 10.0 Å². The lowest BCUT2D eigenvalue weighted by Gasteiger charge is -2.31. The number of sulfonamides is 1. The maximum atomic E-state index is 13.8. The van der Waals surface area contributed by atoms with Crippen molar-refractivity contribution in [2.75, 3.05) is 26.7 Å². The van der Waals surface area contributed by atoms with Crippen molar-refractivity contribution in [1.29, 1.82) is 0 Å². The fourth-order valence-electron chi connectivity index (χ4n) is 3.06. The Morgan fingerprint density at radius 1 is 1.38 bits per heavy atom. The molecule has 0 spiro atoms. The molecule has 1 N–H and O–H groups in total. The van der Waals surface area contributed by atoms with Crippen molar-refractivity contribution in [2.45, 2.75) is 17.7 Å². The third-order valence-electron chi connectivity index (χ3n) is 4.27. The molecule has 1 aromatic carbocycles. The van der Waals surface area contributed by atoms with Crippen LogP contribution in [0.2, 0.25) is 0 Å².